The number of ether oxygens (including phenoxy) is 1. The number of aryl methyl sites for hydroxylation is 1. The largest absolute Gasteiger partial charge is 0.497 e. The predicted molar refractivity (Wildman–Crippen MR) is 123 cm³/mol. The molecule has 1 heterocycles. The van der Waals surface area contributed by atoms with Gasteiger partial charge in [0.15, 0.2) is 9.84 Å². The number of methoxy groups -OCH3 is 1. The van der Waals surface area contributed by atoms with E-state index in [0.29, 0.717) is 10.6 Å². The molecule has 9 heteroatoms. The van der Waals surface area contributed by atoms with Gasteiger partial charge in [-0.1, -0.05) is 35.9 Å². The van der Waals surface area contributed by atoms with Gasteiger partial charge >= 0.3 is 11.8 Å². The summed E-state index contributed by atoms with van der Waals surface area (Å²) in [6, 6.07) is 17.1. The van der Waals surface area contributed by atoms with Gasteiger partial charge in [-0.15, -0.1) is 11.3 Å². The quantitative estimate of drug-likeness (QED) is 0.491. The zero-order valence-corrected chi connectivity index (χ0v) is 19.3. The Morgan fingerprint density at radius 2 is 1.62 bits per heavy atom. The van der Waals surface area contributed by atoms with E-state index in [2.05, 4.69) is 10.6 Å². The fourth-order valence-corrected chi connectivity index (χ4v) is 5.79. The number of carbonyl (C=O) groups excluding carboxylic acids is 2. The van der Waals surface area contributed by atoms with Crippen molar-refractivity contribution in [2.45, 2.75) is 23.6 Å². The average molecular weight is 473 g/mol. The van der Waals surface area contributed by atoms with E-state index in [1.54, 1.807) is 73.2 Å². The van der Waals surface area contributed by atoms with Gasteiger partial charge in [0.1, 0.15) is 11.0 Å². The van der Waals surface area contributed by atoms with E-state index in [-0.39, 0.29) is 18.0 Å². The maximum Gasteiger partial charge on any atom is 0.309 e. The van der Waals surface area contributed by atoms with E-state index in [4.69, 9.17) is 4.74 Å². The highest BCUT2D eigenvalue weighted by atomic mass is 32.2. The molecule has 2 amide bonds. The predicted octanol–water partition coefficient (Wildman–Crippen LogP) is 3.01. The molecule has 0 spiro atoms. The molecule has 0 aliphatic rings. The Bertz CT molecular complexity index is 1160. The number of nitrogens with one attached hydrogen (secondary N) is 2. The highest BCUT2D eigenvalue weighted by molar-refractivity contribution is 7.91. The van der Waals surface area contributed by atoms with E-state index >= 15 is 0 Å². The van der Waals surface area contributed by atoms with Crippen molar-refractivity contribution in [3.8, 4) is 5.75 Å². The number of thiophene rings is 1. The van der Waals surface area contributed by atoms with Crippen LogP contribution in [0.4, 0.5) is 0 Å². The van der Waals surface area contributed by atoms with Gasteiger partial charge < -0.3 is 15.4 Å². The van der Waals surface area contributed by atoms with Crippen molar-refractivity contribution in [2.75, 3.05) is 13.7 Å². The molecule has 2 aromatic carbocycles. The number of rotatable bonds is 8. The summed E-state index contributed by atoms with van der Waals surface area (Å²) in [5.41, 5.74) is 1.74. The Kier molecular flexibility index (Phi) is 7.66. The van der Waals surface area contributed by atoms with Crippen LogP contribution in [0.5, 0.6) is 5.75 Å². The van der Waals surface area contributed by atoms with Crippen molar-refractivity contribution in [3.63, 3.8) is 0 Å². The van der Waals surface area contributed by atoms with Crippen LogP contribution >= 0.6 is 11.3 Å². The van der Waals surface area contributed by atoms with Gasteiger partial charge in [-0.2, -0.15) is 0 Å². The molecular formula is C23H24N2O5S2. The van der Waals surface area contributed by atoms with Crippen molar-refractivity contribution < 1.29 is 22.7 Å². The monoisotopic (exact) mass is 472 g/mol. The van der Waals surface area contributed by atoms with E-state index in [1.165, 1.54) is 11.3 Å². The third-order valence-electron chi connectivity index (χ3n) is 4.85. The van der Waals surface area contributed by atoms with Gasteiger partial charge in [0.2, 0.25) is 0 Å². The lowest BCUT2D eigenvalue weighted by Crippen LogP contribution is -2.42. The Hall–Kier alpha value is -3.17. The molecule has 1 atom stereocenters. The molecule has 0 saturated carbocycles. The summed E-state index contributed by atoms with van der Waals surface area (Å²) in [5.74, 6) is -1.04. The second-order valence-electron chi connectivity index (χ2n) is 7.10. The minimum atomic E-state index is -3.77. The fraction of sp³-hybridized carbons (Fsp3) is 0.217. The van der Waals surface area contributed by atoms with Gasteiger partial charge in [-0.3, -0.25) is 9.59 Å². The molecule has 3 rings (SSSR count). The van der Waals surface area contributed by atoms with Gasteiger partial charge in [0.05, 0.1) is 12.0 Å². The van der Waals surface area contributed by atoms with E-state index < -0.39 is 26.9 Å². The molecule has 0 fully saturated rings. The average Bonchev–Trinajstić information content (AvgIpc) is 3.32. The number of sulfone groups is 1. The normalized spacial score (nSPS) is 12.1. The lowest BCUT2D eigenvalue weighted by Gasteiger charge is -2.17. The molecule has 0 unspecified atom stereocenters. The zero-order valence-electron chi connectivity index (χ0n) is 17.7. The molecule has 7 nitrogen and oxygen atoms in total. The van der Waals surface area contributed by atoms with Crippen LogP contribution in [-0.2, 0) is 26.0 Å². The van der Waals surface area contributed by atoms with Gasteiger partial charge in [-0.05, 0) is 48.2 Å². The number of amides is 2. The van der Waals surface area contributed by atoms with Crippen molar-refractivity contribution >= 4 is 33.0 Å². The molecule has 0 bridgehead atoms. The minimum absolute atomic E-state index is 0.159. The molecular weight excluding hydrogens is 448 g/mol. The second kappa shape index (κ2) is 10.4. The summed E-state index contributed by atoms with van der Waals surface area (Å²) in [5, 5.41) is 5.78. The highest BCUT2D eigenvalue weighted by Gasteiger charge is 2.31. The summed E-state index contributed by atoms with van der Waals surface area (Å²) in [6.45, 7) is 1.82. The molecule has 2 N–H and O–H groups in total. The Labute approximate surface area is 191 Å². The first kappa shape index (κ1) is 23.5. The molecule has 0 saturated heterocycles. The van der Waals surface area contributed by atoms with Gasteiger partial charge in [0.25, 0.3) is 0 Å². The second-order valence-corrected chi connectivity index (χ2v) is 10.2. The number of benzene rings is 2. The lowest BCUT2D eigenvalue weighted by molar-refractivity contribution is -0.139. The van der Waals surface area contributed by atoms with Crippen LogP contribution in [0.2, 0.25) is 0 Å². The van der Waals surface area contributed by atoms with E-state index in [0.717, 1.165) is 11.1 Å². The van der Waals surface area contributed by atoms with Crippen LogP contribution in [0.25, 0.3) is 0 Å². The van der Waals surface area contributed by atoms with Gasteiger partial charge in [0, 0.05) is 18.0 Å². The van der Waals surface area contributed by atoms with Crippen molar-refractivity contribution in [1.82, 2.24) is 10.6 Å². The maximum atomic E-state index is 13.2. The molecule has 0 aliphatic heterocycles. The SMILES string of the molecule is COc1ccc(CNC(=O)C(=O)NC[C@@H](c2cccs2)S(=O)(=O)c2ccc(C)cc2)cc1. The van der Waals surface area contributed by atoms with Crippen LogP contribution in [-0.4, -0.2) is 33.9 Å². The molecule has 1 aromatic heterocycles. The Balaban J connectivity index is 1.66. The van der Waals surface area contributed by atoms with Crippen LogP contribution < -0.4 is 15.4 Å². The summed E-state index contributed by atoms with van der Waals surface area (Å²) >= 11 is 1.29. The fourth-order valence-electron chi connectivity index (χ4n) is 3.00. The number of carbonyl (C=O) groups is 2. The zero-order chi connectivity index (χ0) is 23.1. The Morgan fingerprint density at radius 1 is 0.969 bits per heavy atom. The van der Waals surface area contributed by atoms with Crippen LogP contribution in [0.3, 0.4) is 0 Å². The van der Waals surface area contributed by atoms with Crippen LogP contribution in [0, 0.1) is 6.92 Å². The summed E-state index contributed by atoms with van der Waals surface area (Å²) < 4.78 is 31.5. The topological polar surface area (TPSA) is 102 Å². The molecule has 168 valence electrons. The first-order valence-electron chi connectivity index (χ1n) is 9.84. The first-order chi connectivity index (χ1) is 15.3. The number of hydrogen-bond acceptors (Lipinski definition) is 6. The third kappa shape index (κ3) is 5.74. The standard InChI is InChI=1S/C23H24N2O5S2/c1-16-5-11-19(12-6-16)32(28,29)21(20-4-3-13-31-20)15-25-23(27)22(26)24-14-17-7-9-18(30-2)10-8-17/h3-13,21H,14-15H2,1-2H3,(H,24,26)(H,25,27)/t21-/m0/s1. The summed E-state index contributed by atoms with van der Waals surface area (Å²) in [4.78, 5) is 25.3. The summed E-state index contributed by atoms with van der Waals surface area (Å²) in [7, 11) is -2.21. The summed E-state index contributed by atoms with van der Waals surface area (Å²) in [6.07, 6.45) is 0. The van der Waals surface area contributed by atoms with Crippen molar-refractivity contribution in [1.29, 1.82) is 0 Å². The maximum absolute atomic E-state index is 13.2. The molecule has 3 aromatic rings. The van der Waals surface area contributed by atoms with Crippen LogP contribution in [0.1, 0.15) is 21.3 Å². The third-order valence-corrected chi connectivity index (χ3v) is 8.09. The van der Waals surface area contributed by atoms with E-state index in [9.17, 15) is 18.0 Å². The minimum Gasteiger partial charge on any atom is -0.497 e. The molecule has 32 heavy (non-hydrogen) atoms. The van der Waals surface area contributed by atoms with Crippen LogP contribution in [0.15, 0.2) is 70.9 Å². The Morgan fingerprint density at radius 3 is 2.22 bits per heavy atom. The smallest absolute Gasteiger partial charge is 0.309 e. The van der Waals surface area contributed by atoms with E-state index in [1.807, 2.05) is 6.92 Å². The molecule has 0 aliphatic carbocycles. The van der Waals surface area contributed by atoms with Crippen molar-refractivity contribution in [2.24, 2.45) is 0 Å². The van der Waals surface area contributed by atoms with Crippen molar-refractivity contribution in [3.05, 3.63) is 82.0 Å². The first-order valence-corrected chi connectivity index (χ1v) is 12.3. The highest BCUT2D eigenvalue weighted by Crippen LogP contribution is 2.31. The lowest BCUT2D eigenvalue weighted by atomic mass is 10.2. The molecule has 0 radical (unpaired) electrons. The number of hydrogen-bond donors (Lipinski definition) is 2. The van der Waals surface area contributed by atoms with Gasteiger partial charge in [-0.25, -0.2) is 8.42 Å².